The summed E-state index contributed by atoms with van der Waals surface area (Å²) in [6, 6.07) is 0. The average molecular weight is 180 g/mol. The lowest BCUT2D eigenvalue weighted by Crippen LogP contribution is -2.58. The van der Waals surface area contributed by atoms with E-state index in [9.17, 15) is 0 Å². The molecule has 12 heavy (non-hydrogen) atoms. The molecule has 6 heteroatoms. The topological polar surface area (TPSA) is 110 Å². The molecule has 1 rings (SSSR count). The summed E-state index contributed by atoms with van der Waals surface area (Å²) in [5.41, 5.74) is 0. The quantitative estimate of drug-likeness (QED) is 0.290. The van der Waals surface area contributed by atoms with Crippen LogP contribution in [0.15, 0.2) is 0 Å². The number of rotatable bonds is 1. The fourth-order valence-corrected chi connectivity index (χ4v) is 1.08. The maximum atomic E-state index is 9.12. The Bertz CT molecular complexity index is 146. The predicted molar refractivity (Wildman–Crippen MR) is 36.0 cm³/mol. The van der Waals surface area contributed by atoms with Crippen LogP contribution in [-0.4, -0.2) is 62.8 Å². The van der Waals surface area contributed by atoms with Gasteiger partial charge in [0.15, 0.2) is 6.29 Å². The summed E-state index contributed by atoms with van der Waals surface area (Å²) in [4.78, 5) is 0. The summed E-state index contributed by atoms with van der Waals surface area (Å²) in [6.45, 7) is -0.526. The lowest BCUT2D eigenvalue weighted by Gasteiger charge is -2.37. The third-order valence-corrected chi connectivity index (χ3v) is 1.87. The molecule has 1 heterocycles. The first-order valence-electron chi connectivity index (χ1n) is 3.56. The van der Waals surface area contributed by atoms with Crippen molar-refractivity contribution in [2.75, 3.05) is 6.61 Å². The summed E-state index contributed by atoms with van der Waals surface area (Å²) >= 11 is 0. The van der Waals surface area contributed by atoms with Crippen LogP contribution in [0.5, 0.6) is 0 Å². The first-order valence-corrected chi connectivity index (χ1v) is 3.56. The van der Waals surface area contributed by atoms with Crippen molar-refractivity contribution >= 4 is 0 Å². The van der Waals surface area contributed by atoms with E-state index in [2.05, 4.69) is 4.74 Å². The van der Waals surface area contributed by atoms with Crippen molar-refractivity contribution in [3.63, 3.8) is 0 Å². The summed E-state index contributed by atoms with van der Waals surface area (Å²) in [5.74, 6) is 0. The van der Waals surface area contributed by atoms with E-state index in [1.807, 2.05) is 0 Å². The molecule has 1 aliphatic rings. The zero-order valence-corrected chi connectivity index (χ0v) is 6.24. The van der Waals surface area contributed by atoms with Crippen molar-refractivity contribution in [3.8, 4) is 0 Å². The van der Waals surface area contributed by atoms with Crippen LogP contribution < -0.4 is 0 Å². The van der Waals surface area contributed by atoms with Gasteiger partial charge in [-0.15, -0.1) is 0 Å². The Labute approximate surface area is 68.6 Å². The van der Waals surface area contributed by atoms with E-state index in [4.69, 9.17) is 25.5 Å². The zero-order valence-electron chi connectivity index (χ0n) is 6.24. The van der Waals surface area contributed by atoms with Crippen molar-refractivity contribution in [3.05, 3.63) is 0 Å². The molecule has 0 aromatic heterocycles. The van der Waals surface area contributed by atoms with Gasteiger partial charge in [-0.3, -0.25) is 0 Å². The van der Waals surface area contributed by atoms with E-state index >= 15 is 0 Å². The highest BCUT2D eigenvalue weighted by atomic mass is 16.6. The molecule has 5 N–H and O–H groups in total. The molecule has 0 aromatic rings. The van der Waals surface area contributed by atoms with Crippen LogP contribution in [0.3, 0.4) is 0 Å². The van der Waals surface area contributed by atoms with Crippen LogP contribution in [0.1, 0.15) is 0 Å². The van der Waals surface area contributed by atoms with Gasteiger partial charge >= 0.3 is 0 Å². The number of aliphatic hydroxyl groups is 5. The van der Waals surface area contributed by atoms with Gasteiger partial charge in [0.2, 0.25) is 0 Å². The molecule has 1 saturated heterocycles. The molecule has 0 amide bonds. The van der Waals surface area contributed by atoms with E-state index < -0.39 is 37.3 Å². The molecule has 0 bridgehead atoms. The summed E-state index contributed by atoms with van der Waals surface area (Å²) in [7, 11) is 0. The maximum absolute atomic E-state index is 9.12. The monoisotopic (exact) mass is 180 g/mol. The number of hydrogen-bond acceptors (Lipinski definition) is 6. The average Bonchev–Trinajstić information content (AvgIpc) is 2.08. The molecular formula is C6H12O6. The van der Waals surface area contributed by atoms with Crippen molar-refractivity contribution in [1.82, 2.24) is 0 Å². The van der Waals surface area contributed by atoms with Crippen LogP contribution >= 0.6 is 0 Å². The molecule has 0 aromatic carbocycles. The number of ether oxygens (including phenoxy) is 1. The van der Waals surface area contributed by atoms with Gasteiger partial charge < -0.3 is 30.3 Å². The van der Waals surface area contributed by atoms with Crippen LogP contribution in [0, 0.1) is 0 Å². The van der Waals surface area contributed by atoms with Gasteiger partial charge in [-0.05, 0) is 0 Å². The summed E-state index contributed by atoms with van der Waals surface area (Å²) in [6.07, 6.45) is -7.04. The highest BCUT2D eigenvalue weighted by Crippen LogP contribution is 2.18. The second-order valence-corrected chi connectivity index (χ2v) is 2.72. The smallest absolute Gasteiger partial charge is 0.184 e. The summed E-state index contributed by atoms with van der Waals surface area (Å²) in [5, 5.41) is 44.7. The molecule has 0 aliphatic carbocycles. The normalized spacial score (nSPS) is 49.2. The van der Waals surface area contributed by atoms with Crippen molar-refractivity contribution in [1.29, 1.82) is 0 Å². The molecule has 6 nitrogen and oxygen atoms in total. The maximum Gasteiger partial charge on any atom is 0.184 e. The molecule has 3 unspecified atom stereocenters. The van der Waals surface area contributed by atoms with Crippen molar-refractivity contribution in [2.24, 2.45) is 0 Å². The molecule has 0 spiro atoms. The minimum Gasteiger partial charge on any atom is -0.394 e. The number of aliphatic hydroxyl groups excluding tert-OH is 5. The van der Waals surface area contributed by atoms with E-state index in [1.54, 1.807) is 0 Å². The van der Waals surface area contributed by atoms with E-state index in [0.29, 0.717) is 0 Å². The Morgan fingerprint density at radius 3 is 2.00 bits per heavy atom. The molecule has 1 fully saturated rings. The largest absolute Gasteiger partial charge is 0.394 e. The fraction of sp³-hybridized carbons (Fsp3) is 1.00. The van der Waals surface area contributed by atoms with Crippen LogP contribution in [0.2, 0.25) is 0 Å². The Kier molecular flexibility index (Phi) is 2.99. The minimum atomic E-state index is -1.57. The first-order chi connectivity index (χ1) is 5.57. The zero-order chi connectivity index (χ0) is 9.30. The van der Waals surface area contributed by atoms with E-state index in [0.717, 1.165) is 0 Å². The predicted octanol–water partition coefficient (Wildman–Crippen LogP) is -3.22. The highest BCUT2D eigenvalue weighted by Gasteiger charge is 2.42. The van der Waals surface area contributed by atoms with Crippen LogP contribution in [-0.2, 0) is 4.74 Å². The molecular weight excluding hydrogens is 168 g/mol. The van der Waals surface area contributed by atoms with Gasteiger partial charge in [0.25, 0.3) is 0 Å². The minimum absolute atomic E-state index is 0.526. The third-order valence-electron chi connectivity index (χ3n) is 1.87. The Hall–Kier alpha value is -0.240. The van der Waals surface area contributed by atoms with Crippen molar-refractivity contribution < 1.29 is 30.3 Å². The number of hydrogen-bond donors (Lipinski definition) is 5. The lowest BCUT2D eigenvalue weighted by atomic mass is 10.00. The van der Waals surface area contributed by atoms with E-state index in [-0.39, 0.29) is 0 Å². The van der Waals surface area contributed by atoms with Gasteiger partial charge in [-0.1, -0.05) is 0 Å². The van der Waals surface area contributed by atoms with Crippen LogP contribution in [0.4, 0.5) is 0 Å². The molecule has 1 aliphatic heterocycles. The second-order valence-electron chi connectivity index (χ2n) is 2.72. The Morgan fingerprint density at radius 2 is 1.50 bits per heavy atom. The first kappa shape index (κ1) is 9.85. The SMILES string of the molecule is OC[C@H]1OC(O)[C@@H](O)C(O)C1O. The van der Waals surface area contributed by atoms with Gasteiger partial charge in [0.1, 0.15) is 24.4 Å². The summed E-state index contributed by atoms with van der Waals surface area (Å²) < 4.78 is 4.58. The van der Waals surface area contributed by atoms with Gasteiger partial charge in [0, 0.05) is 0 Å². The third kappa shape index (κ3) is 1.58. The molecule has 5 atom stereocenters. The van der Waals surface area contributed by atoms with Gasteiger partial charge in [-0.2, -0.15) is 0 Å². The van der Waals surface area contributed by atoms with Crippen LogP contribution in [0.25, 0.3) is 0 Å². The second kappa shape index (κ2) is 3.65. The fourth-order valence-electron chi connectivity index (χ4n) is 1.08. The Morgan fingerprint density at radius 1 is 0.917 bits per heavy atom. The lowest BCUT2D eigenvalue weighted by molar-refractivity contribution is -0.286. The van der Waals surface area contributed by atoms with Crippen molar-refractivity contribution in [2.45, 2.75) is 30.7 Å². The standard InChI is InChI=1S/C6H12O6/c7-1-2-3(8)4(9)5(10)6(11)12-2/h2-11H,1H2/t2-,3?,4?,5+,6?/m1/s1. The molecule has 0 saturated carbocycles. The van der Waals surface area contributed by atoms with Gasteiger partial charge in [-0.25, -0.2) is 0 Å². The molecule has 0 radical (unpaired) electrons. The Balaban J connectivity index is 2.63. The van der Waals surface area contributed by atoms with Gasteiger partial charge in [0.05, 0.1) is 6.61 Å². The molecule has 72 valence electrons. The highest BCUT2D eigenvalue weighted by molar-refractivity contribution is 4.87. The van der Waals surface area contributed by atoms with E-state index in [1.165, 1.54) is 0 Å².